The minimum absolute atomic E-state index is 0.659. The predicted octanol–water partition coefficient (Wildman–Crippen LogP) is 3.96. The molecule has 0 unspecified atom stereocenters. The molecule has 0 aliphatic heterocycles. The van der Waals surface area contributed by atoms with Gasteiger partial charge in [-0.2, -0.15) is 0 Å². The van der Waals surface area contributed by atoms with Crippen LogP contribution in [0.3, 0.4) is 0 Å². The van der Waals surface area contributed by atoms with Gasteiger partial charge in [0.05, 0.1) is 11.2 Å². The predicted molar refractivity (Wildman–Crippen MR) is 119 cm³/mol. The van der Waals surface area contributed by atoms with Gasteiger partial charge in [0.15, 0.2) is 0 Å². The number of fused-ring (bicyclic) bond motifs is 2. The van der Waals surface area contributed by atoms with Crippen LogP contribution in [0, 0.1) is 6.92 Å². The average molecular weight is 386 g/mol. The van der Waals surface area contributed by atoms with Gasteiger partial charge in [-0.3, -0.25) is 4.79 Å². The van der Waals surface area contributed by atoms with Crippen molar-refractivity contribution in [2.24, 2.45) is 0 Å². The fourth-order valence-electron chi connectivity index (χ4n) is 3.79. The number of nitrogens with zero attached hydrogens (tertiary/aromatic N) is 1. The summed E-state index contributed by atoms with van der Waals surface area (Å²) in [7, 11) is 0. The Balaban J connectivity index is 1.60. The third kappa shape index (κ3) is 4.30. The van der Waals surface area contributed by atoms with Crippen LogP contribution in [-0.2, 0) is 11.2 Å². The fourth-order valence-corrected chi connectivity index (χ4v) is 3.79. The van der Waals surface area contributed by atoms with E-state index in [9.17, 15) is 4.79 Å². The molecule has 0 fully saturated rings. The van der Waals surface area contributed by atoms with Crippen molar-refractivity contribution >= 4 is 28.2 Å². The summed E-state index contributed by atoms with van der Waals surface area (Å²) in [6.45, 7) is 4.48. The van der Waals surface area contributed by atoms with Crippen LogP contribution in [-0.4, -0.2) is 36.0 Å². The van der Waals surface area contributed by atoms with E-state index in [0.717, 1.165) is 54.6 Å². The summed E-state index contributed by atoms with van der Waals surface area (Å²) in [6.07, 6.45) is 4.80. The number of aromatic nitrogens is 2. The van der Waals surface area contributed by atoms with Crippen LogP contribution in [0.2, 0.25) is 0 Å². The Morgan fingerprint density at radius 3 is 2.83 bits per heavy atom. The van der Waals surface area contributed by atoms with Gasteiger partial charge in [-0.15, -0.1) is 0 Å². The molecule has 0 saturated carbocycles. The first kappa shape index (κ1) is 19.2. The highest BCUT2D eigenvalue weighted by molar-refractivity contribution is 5.96. The first-order valence-corrected chi connectivity index (χ1v) is 10.1. The summed E-state index contributed by atoms with van der Waals surface area (Å²) in [4.78, 5) is 18.6. The number of rotatable bonds is 9. The summed E-state index contributed by atoms with van der Waals surface area (Å²) in [5, 5.41) is 8.47. The molecule has 2 aromatic heterocycles. The molecule has 3 N–H and O–H groups in total. The lowest BCUT2D eigenvalue weighted by atomic mass is 10.00. The Bertz CT molecular complexity index is 1130. The second kappa shape index (κ2) is 8.88. The van der Waals surface area contributed by atoms with E-state index in [2.05, 4.69) is 71.2 Å². The van der Waals surface area contributed by atoms with Gasteiger partial charge in [0.25, 0.3) is 0 Å². The minimum Gasteiger partial charge on any atom is -0.360 e. The maximum Gasteiger partial charge on any atom is 0.207 e. The third-order valence-corrected chi connectivity index (χ3v) is 5.24. The summed E-state index contributed by atoms with van der Waals surface area (Å²) < 4.78 is 0. The number of aryl methyl sites for hydroxylation is 2. The van der Waals surface area contributed by atoms with E-state index >= 15 is 0 Å². The van der Waals surface area contributed by atoms with Crippen molar-refractivity contribution in [3.05, 3.63) is 65.9 Å². The molecule has 0 spiro atoms. The molecule has 0 atom stereocenters. The molecule has 0 aliphatic carbocycles. The van der Waals surface area contributed by atoms with Crippen LogP contribution in [0.15, 0.2) is 54.7 Å². The van der Waals surface area contributed by atoms with Crippen molar-refractivity contribution in [2.75, 3.05) is 19.6 Å². The number of carbonyl (C=O) groups excluding carboxylic acids is 1. The van der Waals surface area contributed by atoms with Crippen LogP contribution in [0.1, 0.15) is 17.5 Å². The zero-order chi connectivity index (χ0) is 20.1. The normalized spacial score (nSPS) is 11.2. The topological polar surface area (TPSA) is 69.8 Å². The highest BCUT2D eigenvalue weighted by Crippen LogP contribution is 2.31. The molecule has 5 heteroatoms. The van der Waals surface area contributed by atoms with Gasteiger partial charge in [-0.05, 0) is 56.1 Å². The summed E-state index contributed by atoms with van der Waals surface area (Å²) in [5.74, 6) is 0. The molecule has 4 aromatic rings. The van der Waals surface area contributed by atoms with Crippen molar-refractivity contribution in [3.8, 4) is 11.3 Å². The number of para-hydroxylation sites is 1. The van der Waals surface area contributed by atoms with Gasteiger partial charge in [0, 0.05) is 41.1 Å². The lowest BCUT2D eigenvalue weighted by Crippen LogP contribution is -2.27. The second-order valence-electron chi connectivity index (χ2n) is 7.36. The van der Waals surface area contributed by atoms with Gasteiger partial charge in [-0.1, -0.05) is 29.8 Å². The van der Waals surface area contributed by atoms with Crippen LogP contribution < -0.4 is 10.6 Å². The van der Waals surface area contributed by atoms with Crippen LogP contribution >= 0.6 is 0 Å². The summed E-state index contributed by atoms with van der Waals surface area (Å²) in [6, 6.07) is 17.1. The molecule has 148 valence electrons. The molecule has 5 nitrogen and oxygen atoms in total. The quantitative estimate of drug-likeness (QED) is 0.301. The number of hydrogen-bond donors (Lipinski definition) is 3. The van der Waals surface area contributed by atoms with Crippen molar-refractivity contribution in [3.63, 3.8) is 0 Å². The Labute approximate surface area is 170 Å². The minimum atomic E-state index is 0.659. The molecular formula is C24H26N4O. The van der Waals surface area contributed by atoms with Crippen LogP contribution in [0.5, 0.6) is 0 Å². The standard InChI is InChI=1S/C24H26N4O/c1-17-8-9-22-20(13-17)21(15-27-22)24-14-18(5-4-10-25-11-12-26-16-29)19-6-2-3-7-23(19)28-24/h2-3,6-9,13-16,25,27H,4-5,10-12H2,1H3,(H,26,29). The van der Waals surface area contributed by atoms with Crippen LogP contribution in [0.4, 0.5) is 0 Å². The zero-order valence-corrected chi connectivity index (χ0v) is 16.7. The Morgan fingerprint density at radius 2 is 1.93 bits per heavy atom. The first-order valence-electron chi connectivity index (χ1n) is 10.1. The largest absolute Gasteiger partial charge is 0.360 e. The highest BCUT2D eigenvalue weighted by atomic mass is 16.1. The van der Waals surface area contributed by atoms with Crippen molar-refractivity contribution in [2.45, 2.75) is 19.8 Å². The Hall–Kier alpha value is -3.18. The lowest BCUT2D eigenvalue weighted by molar-refractivity contribution is -0.109. The lowest BCUT2D eigenvalue weighted by Gasteiger charge is -2.10. The smallest absolute Gasteiger partial charge is 0.207 e. The monoisotopic (exact) mass is 386 g/mol. The number of benzene rings is 2. The van der Waals surface area contributed by atoms with Gasteiger partial charge in [0.2, 0.25) is 6.41 Å². The second-order valence-corrected chi connectivity index (χ2v) is 7.36. The van der Waals surface area contributed by atoms with E-state index < -0.39 is 0 Å². The number of H-pyrrole nitrogens is 1. The van der Waals surface area contributed by atoms with Crippen molar-refractivity contribution < 1.29 is 4.79 Å². The van der Waals surface area contributed by atoms with E-state index in [0.29, 0.717) is 6.54 Å². The Morgan fingerprint density at radius 1 is 1.03 bits per heavy atom. The number of nitrogens with one attached hydrogen (secondary N) is 3. The molecule has 29 heavy (non-hydrogen) atoms. The van der Waals surface area contributed by atoms with Crippen molar-refractivity contribution in [1.29, 1.82) is 0 Å². The van der Waals surface area contributed by atoms with E-state index in [-0.39, 0.29) is 0 Å². The molecule has 1 amide bonds. The van der Waals surface area contributed by atoms with Gasteiger partial charge in [0.1, 0.15) is 0 Å². The highest BCUT2D eigenvalue weighted by Gasteiger charge is 2.11. The maximum atomic E-state index is 10.3. The molecule has 0 aliphatic rings. The van der Waals surface area contributed by atoms with E-state index in [1.165, 1.54) is 21.9 Å². The van der Waals surface area contributed by atoms with E-state index in [1.54, 1.807) is 0 Å². The molecular weight excluding hydrogens is 360 g/mol. The average Bonchev–Trinajstić information content (AvgIpc) is 3.16. The number of pyridine rings is 1. The molecule has 4 rings (SSSR count). The number of hydrogen-bond acceptors (Lipinski definition) is 3. The summed E-state index contributed by atoms with van der Waals surface area (Å²) >= 11 is 0. The van der Waals surface area contributed by atoms with Gasteiger partial charge in [-0.25, -0.2) is 4.98 Å². The number of amides is 1. The molecule has 0 saturated heterocycles. The van der Waals surface area contributed by atoms with Gasteiger partial charge < -0.3 is 15.6 Å². The van der Waals surface area contributed by atoms with Gasteiger partial charge >= 0.3 is 0 Å². The van der Waals surface area contributed by atoms with E-state index in [4.69, 9.17) is 4.98 Å². The molecule has 0 bridgehead atoms. The van der Waals surface area contributed by atoms with Crippen LogP contribution in [0.25, 0.3) is 33.1 Å². The van der Waals surface area contributed by atoms with Crippen molar-refractivity contribution in [1.82, 2.24) is 20.6 Å². The molecule has 2 aromatic carbocycles. The maximum absolute atomic E-state index is 10.3. The number of aromatic amines is 1. The third-order valence-electron chi connectivity index (χ3n) is 5.24. The Kier molecular flexibility index (Phi) is 5.86. The molecule has 0 radical (unpaired) electrons. The molecule has 2 heterocycles. The zero-order valence-electron chi connectivity index (χ0n) is 16.7. The SMILES string of the molecule is Cc1ccc2[nH]cc(-c3cc(CCCNCCNC=O)c4ccccc4n3)c2c1. The van der Waals surface area contributed by atoms with E-state index in [1.807, 2.05) is 6.07 Å². The number of carbonyl (C=O) groups is 1. The summed E-state index contributed by atoms with van der Waals surface area (Å²) in [5.41, 5.74) is 6.89. The first-order chi connectivity index (χ1) is 14.3. The fraction of sp³-hybridized carbons (Fsp3) is 0.250.